The van der Waals surface area contributed by atoms with Crippen molar-refractivity contribution in [3.8, 4) is 0 Å². The van der Waals surface area contributed by atoms with Gasteiger partial charge in [-0.15, -0.1) is 0 Å². The van der Waals surface area contributed by atoms with Gasteiger partial charge in [0.15, 0.2) is 0 Å². The molecule has 1 aliphatic rings. The lowest BCUT2D eigenvalue weighted by molar-refractivity contribution is -0.123. The van der Waals surface area contributed by atoms with Crippen molar-refractivity contribution in [3.05, 3.63) is 65.9 Å². The van der Waals surface area contributed by atoms with Crippen LogP contribution >= 0.6 is 0 Å². The number of anilines is 1. The Kier molecular flexibility index (Phi) is 7.15. The molecule has 1 heterocycles. The molecule has 0 bridgehead atoms. The Morgan fingerprint density at radius 2 is 1.78 bits per heavy atom. The molecule has 5 nitrogen and oxygen atoms in total. The number of benzene rings is 2. The summed E-state index contributed by atoms with van der Waals surface area (Å²) in [5.74, 6) is 0.254. The molecule has 1 fully saturated rings. The van der Waals surface area contributed by atoms with Gasteiger partial charge in [-0.1, -0.05) is 49.6 Å². The Labute approximate surface area is 191 Å². The van der Waals surface area contributed by atoms with E-state index in [2.05, 4.69) is 89.3 Å². The van der Waals surface area contributed by atoms with E-state index in [-0.39, 0.29) is 17.9 Å². The van der Waals surface area contributed by atoms with Crippen LogP contribution in [-0.2, 0) is 4.79 Å². The zero-order chi connectivity index (χ0) is 22.5. The highest BCUT2D eigenvalue weighted by Crippen LogP contribution is 2.31. The Hall–Kier alpha value is -2.79. The minimum atomic E-state index is -0.231. The third-order valence-corrected chi connectivity index (χ3v) is 6.78. The smallest absolute Gasteiger partial charge is 0.237 e. The van der Waals surface area contributed by atoms with Gasteiger partial charge in [0.1, 0.15) is 0 Å². The van der Waals surface area contributed by atoms with E-state index in [0.717, 1.165) is 18.4 Å². The summed E-state index contributed by atoms with van der Waals surface area (Å²) in [4.78, 5) is 18.3. The molecule has 32 heavy (non-hydrogen) atoms. The van der Waals surface area contributed by atoms with Gasteiger partial charge in [0.2, 0.25) is 5.91 Å². The van der Waals surface area contributed by atoms with Crippen LogP contribution in [0.1, 0.15) is 56.1 Å². The monoisotopic (exact) mass is 432 g/mol. The number of carbonyl (C=O) groups is 1. The van der Waals surface area contributed by atoms with Crippen molar-refractivity contribution in [3.63, 3.8) is 0 Å². The second-order valence-electron chi connectivity index (χ2n) is 9.30. The SMILES string of the molecule is C[C@@H](NC[C@H](c1ccc(N(C)C)cc1)c1c[nH]c2ccccc12)C(=O)NC1CCCCC1. The second-order valence-corrected chi connectivity index (χ2v) is 9.30. The highest BCUT2D eigenvalue weighted by Gasteiger charge is 2.23. The van der Waals surface area contributed by atoms with Crippen molar-refractivity contribution >= 4 is 22.5 Å². The van der Waals surface area contributed by atoms with Gasteiger partial charge in [0.25, 0.3) is 0 Å². The third-order valence-electron chi connectivity index (χ3n) is 6.78. The Morgan fingerprint density at radius 3 is 2.50 bits per heavy atom. The number of nitrogens with one attached hydrogen (secondary N) is 3. The number of hydrogen-bond donors (Lipinski definition) is 3. The Bertz CT molecular complexity index is 1020. The largest absolute Gasteiger partial charge is 0.378 e. The van der Waals surface area contributed by atoms with E-state index in [0.29, 0.717) is 12.6 Å². The van der Waals surface area contributed by atoms with E-state index >= 15 is 0 Å². The minimum absolute atomic E-state index is 0.109. The lowest BCUT2D eigenvalue weighted by Gasteiger charge is -2.26. The normalized spacial score (nSPS) is 16.6. The van der Waals surface area contributed by atoms with Crippen molar-refractivity contribution in [2.24, 2.45) is 0 Å². The number of rotatable bonds is 8. The fourth-order valence-electron chi connectivity index (χ4n) is 4.75. The van der Waals surface area contributed by atoms with E-state index in [4.69, 9.17) is 0 Å². The second kappa shape index (κ2) is 10.2. The van der Waals surface area contributed by atoms with Gasteiger partial charge in [0, 0.05) is 55.4 Å². The lowest BCUT2D eigenvalue weighted by Crippen LogP contribution is -2.47. The van der Waals surface area contributed by atoms with Gasteiger partial charge in [-0.3, -0.25) is 4.79 Å². The van der Waals surface area contributed by atoms with Gasteiger partial charge < -0.3 is 20.5 Å². The van der Waals surface area contributed by atoms with Crippen LogP contribution in [0.5, 0.6) is 0 Å². The summed E-state index contributed by atoms with van der Waals surface area (Å²) < 4.78 is 0. The first kappa shape index (κ1) is 22.4. The number of aromatic nitrogens is 1. The summed E-state index contributed by atoms with van der Waals surface area (Å²) in [6.45, 7) is 2.67. The number of carbonyl (C=O) groups excluding carboxylic acids is 1. The van der Waals surface area contributed by atoms with Crippen LogP contribution < -0.4 is 15.5 Å². The van der Waals surface area contributed by atoms with Crippen LogP contribution in [0.2, 0.25) is 0 Å². The van der Waals surface area contributed by atoms with Gasteiger partial charge in [-0.25, -0.2) is 0 Å². The highest BCUT2D eigenvalue weighted by atomic mass is 16.2. The first-order valence-corrected chi connectivity index (χ1v) is 11.9. The van der Waals surface area contributed by atoms with Crippen LogP contribution in [-0.4, -0.2) is 43.6 Å². The van der Waals surface area contributed by atoms with Crippen LogP contribution in [0.4, 0.5) is 5.69 Å². The van der Waals surface area contributed by atoms with Crippen molar-refractivity contribution in [2.45, 2.75) is 57.0 Å². The van der Waals surface area contributed by atoms with Gasteiger partial charge in [-0.2, -0.15) is 0 Å². The zero-order valence-corrected chi connectivity index (χ0v) is 19.5. The quantitative estimate of drug-likeness (QED) is 0.479. The molecule has 0 spiro atoms. The van der Waals surface area contributed by atoms with E-state index in [1.807, 2.05) is 6.92 Å². The predicted octanol–water partition coefficient (Wildman–Crippen LogP) is 4.79. The van der Waals surface area contributed by atoms with Crippen LogP contribution in [0, 0.1) is 0 Å². The number of hydrogen-bond acceptors (Lipinski definition) is 3. The van der Waals surface area contributed by atoms with E-state index < -0.39 is 0 Å². The van der Waals surface area contributed by atoms with Crippen LogP contribution in [0.25, 0.3) is 10.9 Å². The molecular formula is C27H36N4O. The summed E-state index contributed by atoms with van der Waals surface area (Å²) in [7, 11) is 4.11. The lowest BCUT2D eigenvalue weighted by atomic mass is 9.90. The number of fused-ring (bicyclic) bond motifs is 1. The summed E-state index contributed by atoms with van der Waals surface area (Å²) >= 11 is 0. The average Bonchev–Trinajstić information content (AvgIpc) is 3.24. The molecule has 0 aliphatic heterocycles. The average molecular weight is 433 g/mol. The van der Waals surface area contributed by atoms with Gasteiger partial charge in [-0.05, 0) is 49.1 Å². The molecule has 3 aromatic rings. The van der Waals surface area contributed by atoms with Crippen molar-refractivity contribution < 1.29 is 4.79 Å². The molecular weight excluding hydrogens is 396 g/mol. The number of aromatic amines is 1. The number of amides is 1. The first-order chi connectivity index (χ1) is 15.5. The molecule has 3 N–H and O–H groups in total. The minimum Gasteiger partial charge on any atom is -0.378 e. The first-order valence-electron chi connectivity index (χ1n) is 11.9. The third kappa shape index (κ3) is 5.16. The molecule has 4 rings (SSSR count). The Balaban J connectivity index is 1.52. The summed E-state index contributed by atoms with van der Waals surface area (Å²) in [6, 6.07) is 17.3. The highest BCUT2D eigenvalue weighted by molar-refractivity contribution is 5.84. The Morgan fingerprint density at radius 1 is 1.06 bits per heavy atom. The molecule has 1 saturated carbocycles. The summed E-state index contributed by atoms with van der Waals surface area (Å²) in [5, 5.41) is 8.01. The summed E-state index contributed by atoms with van der Waals surface area (Å²) in [5.41, 5.74) is 4.82. The number of H-pyrrole nitrogens is 1. The number of para-hydroxylation sites is 1. The standard InChI is InChI=1S/C27H36N4O/c1-19(27(32)30-21-9-5-4-6-10-21)28-17-24(20-13-15-22(16-14-20)31(2)3)25-18-29-26-12-8-7-11-23(25)26/h7-8,11-16,18-19,21,24,28-29H,4-6,9-10,17H2,1-3H3,(H,30,32)/t19-,24-/m1/s1. The van der Waals surface area contributed by atoms with E-state index in [1.165, 1.54) is 41.5 Å². The summed E-state index contributed by atoms with van der Waals surface area (Å²) in [6.07, 6.45) is 8.06. The zero-order valence-electron chi connectivity index (χ0n) is 19.5. The molecule has 170 valence electrons. The molecule has 1 amide bonds. The topological polar surface area (TPSA) is 60.2 Å². The van der Waals surface area contributed by atoms with Gasteiger partial charge in [0.05, 0.1) is 6.04 Å². The maximum atomic E-state index is 12.8. The molecule has 2 aromatic carbocycles. The van der Waals surface area contributed by atoms with Crippen LogP contribution in [0.15, 0.2) is 54.7 Å². The molecule has 5 heteroatoms. The molecule has 1 aromatic heterocycles. The fourth-order valence-corrected chi connectivity index (χ4v) is 4.75. The van der Waals surface area contributed by atoms with Crippen molar-refractivity contribution in [1.82, 2.24) is 15.6 Å². The van der Waals surface area contributed by atoms with E-state index in [9.17, 15) is 4.79 Å². The predicted molar refractivity (Wildman–Crippen MR) is 133 cm³/mol. The van der Waals surface area contributed by atoms with Gasteiger partial charge >= 0.3 is 0 Å². The maximum absolute atomic E-state index is 12.8. The van der Waals surface area contributed by atoms with E-state index in [1.54, 1.807) is 0 Å². The number of nitrogens with zero attached hydrogens (tertiary/aromatic N) is 1. The van der Waals surface area contributed by atoms with Crippen LogP contribution in [0.3, 0.4) is 0 Å². The molecule has 0 saturated heterocycles. The fraction of sp³-hybridized carbons (Fsp3) is 0.444. The molecule has 0 radical (unpaired) electrons. The molecule has 0 unspecified atom stereocenters. The van der Waals surface area contributed by atoms with Crippen molar-refractivity contribution in [2.75, 3.05) is 25.5 Å². The molecule has 2 atom stereocenters. The maximum Gasteiger partial charge on any atom is 0.237 e. The molecule has 1 aliphatic carbocycles. The van der Waals surface area contributed by atoms with Crippen molar-refractivity contribution in [1.29, 1.82) is 0 Å².